The van der Waals surface area contributed by atoms with Gasteiger partial charge in [0.25, 0.3) is 5.91 Å². The summed E-state index contributed by atoms with van der Waals surface area (Å²) >= 11 is 7.85. The molecule has 0 saturated heterocycles. The van der Waals surface area contributed by atoms with Crippen LogP contribution < -0.4 is 4.90 Å². The third-order valence-corrected chi connectivity index (χ3v) is 6.44. The van der Waals surface area contributed by atoms with Gasteiger partial charge in [0.1, 0.15) is 0 Å². The number of rotatable bonds is 3. The molecule has 28 heavy (non-hydrogen) atoms. The van der Waals surface area contributed by atoms with E-state index in [-0.39, 0.29) is 5.91 Å². The highest BCUT2D eigenvalue weighted by molar-refractivity contribution is 7.09. The first kappa shape index (κ1) is 17.5. The van der Waals surface area contributed by atoms with E-state index in [1.54, 1.807) is 28.4 Å². The lowest BCUT2D eigenvalue weighted by Gasteiger charge is -2.24. The highest BCUT2D eigenvalue weighted by atomic mass is 35.5. The molecule has 1 aliphatic heterocycles. The standard InChI is InChI=1S/C22H17ClN2O2S/c1-13-20(16-6-2-3-7-18(16)24-13)22(27)17-11-14(23)8-9-19(17)25(21(22)26)12-15-5-4-10-28-15/h2-11,24,27H,12H2,1H3. The first-order valence-electron chi connectivity index (χ1n) is 8.94. The SMILES string of the molecule is Cc1[nH]c2ccccc2c1C1(O)C(=O)N(Cc2cccs2)c2ccc(Cl)cc21. The van der Waals surface area contributed by atoms with Crippen molar-refractivity contribution < 1.29 is 9.90 Å². The van der Waals surface area contributed by atoms with E-state index in [9.17, 15) is 9.90 Å². The number of nitrogens with one attached hydrogen (secondary N) is 1. The van der Waals surface area contributed by atoms with Crippen LogP contribution in [-0.2, 0) is 16.9 Å². The van der Waals surface area contributed by atoms with E-state index in [0.29, 0.717) is 28.4 Å². The van der Waals surface area contributed by atoms with Crippen LogP contribution in [0.15, 0.2) is 60.0 Å². The number of halogens is 1. The summed E-state index contributed by atoms with van der Waals surface area (Å²) < 4.78 is 0. The Bertz CT molecular complexity index is 1210. The molecule has 2 N–H and O–H groups in total. The average Bonchev–Trinajstić information content (AvgIpc) is 3.35. The Morgan fingerprint density at radius 2 is 2.00 bits per heavy atom. The average molecular weight is 409 g/mol. The number of hydrogen-bond donors (Lipinski definition) is 2. The van der Waals surface area contributed by atoms with E-state index in [1.165, 1.54) is 0 Å². The monoisotopic (exact) mass is 408 g/mol. The number of aromatic amines is 1. The zero-order valence-corrected chi connectivity index (χ0v) is 16.6. The minimum absolute atomic E-state index is 0.356. The summed E-state index contributed by atoms with van der Waals surface area (Å²) in [5.74, 6) is -0.356. The number of fused-ring (bicyclic) bond motifs is 2. The lowest BCUT2D eigenvalue weighted by Crippen LogP contribution is -2.41. The van der Waals surface area contributed by atoms with Gasteiger partial charge >= 0.3 is 0 Å². The topological polar surface area (TPSA) is 56.3 Å². The van der Waals surface area contributed by atoms with Crippen LogP contribution in [0, 0.1) is 6.92 Å². The fourth-order valence-corrected chi connectivity index (χ4v) is 5.02. The molecule has 0 saturated carbocycles. The molecule has 0 spiro atoms. The second kappa shape index (κ2) is 6.21. The van der Waals surface area contributed by atoms with Crippen molar-refractivity contribution in [2.24, 2.45) is 0 Å². The zero-order chi connectivity index (χ0) is 19.5. The Labute approximate surface area is 171 Å². The molecule has 1 aliphatic rings. The van der Waals surface area contributed by atoms with Crippen molar-refractivity contribution in [1.82, 2.24) is 4.98 Å². The van der Waals surface area contributed by atoms with Crippen LogP contribution in [0.3, 0.4) is 0 Å². The van der Waals surface area contributed by atoms with Gasteiger partial charge in [-0.2, -0.15) is 0 Å². The molecule has 4 nitrogen and oxygen atoms in total. The summed E-state index contributed by atoms with van der Waals surface area (Å²) in [6.45, 7) is 2.29. The van der Waals surface area contributed by atoms with Crippen LogP contribution in [-0.4, -0.2) is 16.0 Å². The highest BCUT2D eigenvalue weighted by Gasteiger charge is 2.53. The van der Waals surface area contributed by atoms with Gasteiger partial charge in [-0.25, -0.2) is 0 Å². The van der Waals surface area contributed by atoms with Crippen LogP contribution in [0.4, 0.5) is 5.69 Å². The number of anilines is 1. The number of aromatic nitrogens is 1. The smallest absolute Gasteiger partial charge is 0.268 e. The van der Waals surface area contributed by atoms with E-state index in [2.05, 4.69) is 4.98 Å². The molecule has 6 heteroatoms. The fourth-order valence-electron chi connectivity index (χ4n) is 4.15. The molecule has 5 rings (SSSR count). The molecule has 4 aromatic rings. The lowest BCUT2D eigenvalue weighted by atomic mass is 9.85. The molecule has 3 heterocycles. The Kier molecular flexibility index (Phi) is 3.88. The normalized spacial score (nSPS) is 18.8. The number of H-pyrrole nitrogens is 1. The van der Waals surface area contributed by atoms with Gasteiger partial charge < -0.3 is 15.0 Å². The largest absolute Gasteiger partial charge is 0.372 e. The maximum Gasteiger partial charge on any atom is 0.268 e. The fraction of sp³-hybridized carbons (Fsp3) is 0.136. The predicted molar refractivity (Wildman–Crippen MR) is 113 cm³/mol. The third kappa shape index (κ3) is 2.37. The third-order valence-electron chi connectivity index (χ3n) is 5.34. The second-order valence-corrected chi connectivity index (χ2v) is 8.48. The van der Waals surface area contributed by atoms with Crippen molar-refractivity contribution in [3.63, 3.8) is 0 Å². The van der Waals surface area contributed by atoms with Gasteiger partial charge in [-0.15, -0.1) is 11.3 Å². The van der Waals surface area contributed by atoms with Gasteiger partial charge in [-0.1, -0.05) is 35.9 Å². The molecule has 140 valence electrons. The van der Waals surface area contributed by atoms with Crippen molar-refractivity contribution in [3.8, 4) is 0 Å². The van der Waals surface area contributed by atoms with Gasteiger partial charge in [0, 0.05) is 37.6 Å². The molecule has 0 aliphatic carbocycles. The Balaban J connectivity index is 1.76. The maximum atomic E-state index is 13.6. The summed E-state index contributed by atoms with van der Waals surface area (Å²) in [5.41, 5.74) is 1.66. The van der Waals surface area contributed by atoms with E-state index >= 15 is 0 Å². The van der Waals surface area contributed by atoms with Crippen LogP contribution in [0.25, 0.3) is 10.9 Å². The number of benzene rings is 2. The number of amides is 1. The van der Waals surface area contributed by atoms with E-state index in [4.69, 9.17) is 11.6 Å². The number of nitrogens with zero attached hydrogens (tertiary/aromatic N) is 1. The molecular weight excluding hydrogens is 392 g/mol. The summed E-state index contributed by atoms with van der Waals surface area (Å²) in [6.07, 6.45) is 0. The van der Waals surface area contributed by atoms with E-state index in [0.717, 1.165) is 21.5 Å². The van der Waals surface area contributed by atoms with Crippen molar-refractivity contribution in [2.45, 2.75) is 19.1 Å². The molecule has 2 aromatic heterocycles. The van der Waals surface area contributed by atoms with Gasteiger partial charge in [0.15, 0.2) is 5.60 Å². The molecule has 1 amide bonds. The molecule has 1 atom stereocenters. The summed E-state index contributed by atoms with van der Waals surface area (Å²) in [6, 6.07) is 16.9. The zero-order valence-electron chi connectivity index (χ0n) is 15.1. The summed E-state index contributed by atoms with van der Waals surface area (Å²) in [4.78, 5) is 19.6. The lowest BCUT2D eigenvalue weighted by molar-refractivity contribution is -0.132. The number of aryl methyl sites for hydroxylation is 1. The van der Waals surface area contributed by atoms with Gasteiger partial charge in [0.05, 0.1) is 12.2 Å². The van der Waals surface area contributed by atoms with Gasteiger partial charge in [0.2, 0.25) is 0 Å². The molecule has 1 unspecified atom stereocenters. The predicted octanol–water partition coefficient (Wildman–Crippen LogP) is 4.97. The van der Waals surface area contributed by atoms with Gasteiger partial charge in [-0.3, -0.25) is 4.79 Å². The number of carbonyl (C=O) groups is 1. The first-order valence-corrected chi connectivity index (χ1v) is 10.2. The minimum atomic E-state index is -1.79. The first-order chi connectivity index (χ1) is 13.5. The summed E-state index contributed by atoms with van der Waals surface area (Å²) in [7, 11) is 0. The second-order valence-electron chi connectivity index (χ2n) is 7.01. The Morgan fingerprint density at radius 3 is 2.79 bits per heavy atom. The molecule has 0 radical (unpaired) electrons. The number of para-hydroxylation sites is 1. The number of aliphatic hydroxyl groups is 1. The maximum absolute atomic E-state index is 13.6. The Morgan fingerprint density at radius 1 is 1.18 bits per heavy atom. The van der Waals surface area contributed by atoms with Crippen molar-refractivity contribution >= 4 is 45.4 Å². The van der Waals surface area contributed by atoms with E-state index < -0.39 is 5.60 Å². The van der Waals surface area contributed by atoms with Crippen molar-refractivity contribution in [1.29, 1.82) is 0 Å². The van der Waals surface area contributed by atoms with Crippen LogP contribution in [0.1, 0.15) is 21.7 Å². The Hall–Kier alpha value is -2.60. The molecular formula is C22H17ClN2O2S. The molecule has 2 aromatic carbocycles. The molecule has 0 fully saturated rings. The highest BCUT2D eigenvalue weighted by Crippen LogP contribution is 2.48. The minimum Gasteiger partial charge on any atom is -0.372 e. The number of hydrogen-bond acceptors (Lipinski definition) is 3. The van der Waals surface area contributed by atoms with Crippen molar-refractivity contribution in [2.75, 3.05) is 4.90 Å². The van der Waals surface area contributed by atoms with E-state index in [1.807, 2.05) is 54.8 Å². The van der Waals surface area contributed by atoms with Crippen LogP contribution in [0.5, 0.6) is 0 Å². The summed E-state index contributed by atoms with van der Waals surface area (Å²) in [5, 5.41) is 15.2. The van der Waals surface area contributed by atoms with Crippen LogP contribution >= 0.6 is 22.9 Å². The number of thiophene rings is 1. The van der Waals surface area contributed by atoms with Crippen molar-refractivity contribution in [3.05, 3.63) is 86.7 Å². The van der Waals surface area contributed by atoms with Gasteiger partial charge in [-0.05, 0) is 42.6 Å². The quantitative estimate of drug-likeness (QED) is 0.502. The number of carbonyl (C=O) groups excluding carboxylic acids is 1. The van der Waals surface area contributed by atoms with Crippen LogP contribution in [0.2, 0.25) is 5.02 Å². The molecule has 0 bridgehead atoms.